The molecule has 1 atom stereocenters. The maximum Gasteiger partial charge on any atom is 0.269 e. The van der Waals surface area contributed by atoms with Crippen molar-refractivity contribution < 1.29 is 4.92 Å². The van der Waals surface area contributed by atoms with Crippen LogP contribution in [0.5, 0.6) is 0 Å². The Morgan fingerprint density at radius 2 is 2.00 bits per heavy atom. The van der Waals surface area contributed by atoms with Gasteiger partial charge in [0.2, 0.25) is 0 Å². The third kappa shape index (κ3) is 2.53. The molecule has 0 spiro atoms. The maximum absolute atomic E-state index is 10.5. The minimum atomic E-state index is -0.372. The fourth-order valence-electron chi connectivity index (χ4n) is 1.58. The van der Waals surface area contributed by atoms with Crippen LogP contribution in [0.1, 0.15) is 31.4 Å². The largest absolute Gasteiger partial charge is 0.307 e. The average molecular weight is 206 g/mol. The summed E-state index contributed by atoms with van der Waals surface area (Å²) < 4.78 is 0. The molecule has 0 heterocycles. The smallest absolute Gasteiger partial charge is 0.269 e. The molecule has 0 aromatic heterocycles. The second-order valence-corrected chi connectivity index (χ2v) is 4.01. The lowest BCUT2D eigenvalue weighted by atomic mass is 10.1. The summed E-state index contributed by atoms with van der Waals surface area (Å²) in [6, 6.07) is 7.67. The molecule has 1 aliphatic carbocycles. The van der Waals surface area contributed by atoms with Crippen molar-refractivity contribution in [2.45, 2.75) is 31.8 Å². The molecule has 1 saturated carbocycles. The topological polar surface area (TPSA) is 55.2 Å². The highest BCUT2D eigenvalue weighted by Crippen LogP contribution is 2.24. The van der Waals surface area contributed by atoms with Crippen molar-refractivity contribution in [3.05, 3.63) is 39.9 Å². The van der Waals surface area contributed by atoms with E-state index in [4.69, 9.17) is 0 Å². The van der Waals surface area contributed by atoms with Crippen LogP contribution < -0.4 is 5.32 Å². The van der Waals surface area contributed by atoms with Crippen molar-refractivity contribution >= 4 is 5.69 Å². The molecule has 1 aliphatic rings. The monoisotopic (exact) mass is 206 g/mol. The molecular weight excluding hydrogens is 192 g/mol. The summed E-state index contributed by atoms with van der Waals surface area (Å²) in [5, 5.41) is 13.9. The third-order valence-corrected chi connectivity index (χ3v) is 2.67. The Kier molecular flexibility index (Phi) is 2.68. The number of nitrogens with one attached hydrogen (secondary N) is 1. The molecule has 80 valence electrons. The first-order valence-electron chi connectivity index (χ1n) is 5.17. The number of benzene rings is 1. The molecule has 2 rings (SSSR count). The Morgan fingerprint density at radius 1 is 1.40 bits per heavy atom. The highest BCUT2D eigenvalue weighted by atomic mass is 16.6. The number of rotatable bonds is 4. The van der Waals surface area contributed by atoms with Crippen LogP contribution in [0.15, 0.2) is 24.3 Å². The molecule has 4 heteroatoms. The number of hydrogen-bond donors (Lipinski definition) is 1. The third-order valence-electron chi connectivity index (χ3n) is 2.67. The van der Waals surface area contributed by atoms with Crippen LogP contribution >= 0.6 is 0 Å². The van der Waals surface area contributed by atoms with Crippen molar-refractivity contribution in [1.29, 1.82) is 0 Å². The van der Waals surface area contributed by atoms with E-state index < -0.39 is 0 Å². The second-order valence-electron chi connectivity index (χ2n) is 4.01. The van der Waals surface area contributed by atoms with E-state index in [2.05, 4.69) is 12.2 Å². The van der Waals surface area contributed by atoms with Gasteiger partial charge in [-0.1, -0.05) is 12.1 Å². The van der Waals surface area contributed by atoms with E-state index in [0.717, 1.165) is 5.56 Å². The van der Waals surface area contributed by atoms with Crippen LogP contribution in [-0.4, -0.2) is 11.0 Å². The second kappa shape index (κ2) is 3.98. The summed E-state index contributed by atoms with van der Waals surface area (Å²) in [6.07, 6.45) is 2.49. The SMILES string of the molecule is C[C@H](NC1CC1)c1ccc([N+](=O)[O-])cc1. The number of nitro groups is 1. The maximum atomic E-state index is 10.5. The van der Waals surface area contributed by atoms with Gasteiger partial charge in [-0.3, -0.25) is 10.1 Å². The van der Waals surface area contributed by atoms with E-state index in [1.165, 1.54) is 12.8 Å². The van der Waals surface area contributed by atoms with Gasteiger partial charge in [0.1, 0.15) is 0 Å². The normalized spacial score (nSPS) is 17.4. The summed E-state index contributed by atoms with van der Waals surface area (Å²) in [5.41, 5.74) is 1.25. The van der Waals surface area contributed by atoms with Crippen LogP contribution in [0.4, 0.5) is 5.69 Å². The lowest BCUT2D eigenvalue weighted by Crippen LogP contribution is -2.20. The molecule has 1 aromatic rings. The minimum Gasteiger partial charge on any atom is -0.307 e. The van der Waals surface area contributed by atoms with E-state index in [0.29, 0.717) is 6.04 Å². The van der Waals surface area contributed by atoms with Crippen molar-refractivity contribution in [2.24, 2.45) is 0 Å². The van der Waals surface area contributed by atoms with E-state index in [-0.39, 0.29) is 16.7 Å². The minimum absolute atomic E-state index is 0.150. The fraction of sp³-hybridized carbons (Fsp3) is 0.455. The lowest BCUT2D eigenvalue weighted by Gasteiger charge is -2.12. The molecule has 4 nitrogen and oxygen atoms in total. The summed E-state index contributed by atoms with van der Waals surface area (Å²) in [6.45, 7) is 2.08. The lowest BCUT2D eigenvalue weighted by molar-refractivity contribution is -0.384. The van der Waals surface area contributed by atoms with Gasteiger partial charge in [0.25, 0.3) is 5.69 Å². The predicted molar refractivity (Wildman–Crippen MR) is 57.7 cm³/mol. The average Bonchev–Trinajstić information content (AvgIpc) is 3.02. The summed E-state index contributed by atoms with van der Waals surface area (Å²) in [5.74, 6) is 0. The Labute approximate surface area is 88.5 Å². The van der Waals surface area contributed by atoms with E-state index in [1.807, 2.05) is 12.1 Å². The van der Waals surface area contributed by atoms with Crippen LogP contribution in [0.3, 0.4) is 0 Å². The van der Waals surface area contributed by atoms with Crippen molar-refractivity contribution in [3.8, 4) is 0 Å². The van der Waals surface area contributed by atoms with Gasteiger partial charge in [-0.25, -0.2) is 0 Å². The highest BCUT2D eigenvalue weighted by Gasteiger charge is 2.23. The number of non-ortho nitro benzene ring substituents is 1. The molecule has 15 heavy (non-hydrogen) atoms. The van der Waals surface area contributed by atoms with E-state index in [9.17, 15) is 10.1 Å². The quantitative estimate of drug-likeness (QED) is 0.608. The van der Waals surface area contributed by atoms with E-state index in [1.54, 1.807) is 12.1 Å². The van der Waals surface area contributed by atoms with Gasteiger partial charge in [-0.15, -0.1) is 0 Å². The first-order chi connectivity index (χ1) is 7.16. The van der Waals surface area contributed by atoms with Gasteiger partial charge >= 0.3 is 0 Å². The first-order valence-corrected chi connectivity index (χ1v) is 5.17. The fourth-order valence-corrected chi connectivity index (χ4v) is 1.58. The van der Waals surface area contributed by atoms with Crippen molar-refractivity contribution in [3.63, 3.8) is 0 Å². The molecule has 1 aromatic carbocycles. The number of hydrogen-bond acceptors (Lipinski definition) is 3. The highest BCUT2D eigenvalue weighted by molar-refractivity contribution is 5.34. The molecule has 0 aliphatic heterocycles. The van der Waals surface area contributed by atoms with E-state index >= 15 is 0 Å². The predicted octanol–water partition coefficient (Wildman–Crippen LogP) is 2.41. The Morgan fingerprint density at radius 3 is 2.47 bits per heavy atom. The van der Waals surface area contributed by atoms with Crippen LogP contribution in [0, 0.1) is 10.1 Å². The zero-order valence-corrected chi connectivity index (χ0v) is 8.64. The number of nitrogens with zero attached hydrogens (tertiary/aromatic N) is 1. The van der Waals surface area contributed by atoms with Crippen LogP contribution in [0.25, 0.3) is 0 Å². The van der Waals surface area contributed by atoms with Crippen LogP contribution in [0.2, 0.25) is 0 Å². The van der Waals surface area contributed by atoms with Gasteiger partial charge in [0.05, 0.1) is 4.92 Å². The summed E-state index contributed by atoms with van der Waals surface area (Å²) in [4.78, 5) is 10.1. The molecule has 1 fully saturated rings. The van der Waals surface area contributed by atoms with Gasteiger partial charge < -0.3 is 5.32 Å². The Bertz CT molecular complexity index is 357. The molecule has 0 amide bonds. The summed E-state index contributed by atoms with van der Waals surface area (Å²) >= 11 is 0. The first kappa shape index (κ1) is 10.1. The molecule has 0 bridgehead atoms. The zero-order chi connectivity index (χ0) is 10.8. The molecule has 0 unspecified atom stereocenters. The standard InChI is InChI=1S/C11H14N2O2/c1-8(12-10-4-5-10)9-2-6-11(7-3-9)13(14)15/h2-3,6-8,10,12H,4-5H2,1H3/t8-/m0/s1. The Balaban J connectivity index is 2.04. The molecule has 1 N–H and O–H groups in total. The van der Waals surface area contributed by atoms with Crippen LogP contribution in [-0.2, 0) is 0 Å². The van der Waals surface area contributed by atoms with Gasteiger partial charge in [-0.05, 0) is 25.3 Å². The van der Waals surface area contributed by atoms with Crippen molar-refractivity contribution in [2.75, 3.05) is 0 Å². The molecule has 0 radical (unpaired) electrons. The van der Waals surface area contributed by atoms with Gasteiger partial charge in [-0.2, -0.15) is 0 Å². The van der Waals surface area contributed by atoms with Crippen molar-refractivity contribution in [1.82, 2.24) is 5.32 Å². The van der Waals surface area contributed by atoms with Gasteiger partial charge in [0.15, 0.2) is 0 Å². The molecule has 0 saturated heterocycles. The summed E-state index contributed by atoms with van der Waals surface area (Å²) in [7, 11) is 0. The zero-order valence-electron chi connectivity index (χ0n) is 8.64. The van der Waals surface area contributed by atoms with Gasteiger partial charge in [0, 0.05) is 24.2 Å². The molecular formula is C11H14N2O2. The Hall–Kier alpha value is -1.42. The number of nitro benzene ring substituents is 1.